The average molecular weight is 333 g/mol. The number of fused-ring (bicyclic) bond motifs is 3. The molecule has 3 aromatic rings. The molecule has 2 aromatic carbocycles. The third-order valence-corrected chi connectivity index (χ3v) is 5.47. The van der Waals surface area contributed by atoms with Crippen LogP contribution in [0.5, 0.6) is 5.75 Å². The Kier molecular flexibility index (Phi) is 3.04. The van der Waals surface area contributed by atoms with Crippen molar-refractivity contribution in [1.82, 2.24) is 9.88 Å². The van der Waals surface area contributed by atoms with Crippen molar-refractivity contribution in [2.45, 2.75) is 24.9 Å². The van der Waals surface area contributed by atoms with Gasteiger partial charge in [0.1, 0.15) is 5.75 Å². The number of amides is 1. The Morgan fingerprint density at radius 1 is 1.12 bits per heavy atom. The Morgan fingerprint density at radius 3 is 2.92 bits per heavy atom. The Bertz CT molecular complexity index is 978. The van der Waals surface area contributed by atoms with E-state index in [1.54, 1.807) is 18.2 Å². The number of nitrogens with one attached hydrogen (secondary N) is 2. The number of aromatic nitrogens is 1. The fourth-order valence-electron chi connectivity index (χ4n) is 4.30. The fourth-order valence-corrected chi connectivity index (χ4v) is 4.30. The van der Waals surface area contributed by atoms with Crippen LogP contribution in [0.15, 0.2) is 48.7 Å². The highest BCUT2D eigenvalue weighted by atomic mass is 16.3. The van der Waals surface area contributed by atoms with Crippen LogP contribution in [0.25, 0.3) is 10.9 Å². The molecule has 2 atom stereocenters. The first-order chi connectivity index (χ1) is 12.2. The van der Waals surface area contributed by atoms with Crippen molar-refractivity contribution < 1.29 is 9.90 Å². The maximum atomic E-state index is 13.0. The van der Waals surface area contributed by atoms with Crippen molar-refractivity contribution >= 4 is 22.5 Å². The van der Waals surface area contributed by atoms with Gasteiger partial charge >= 0.3 is 0 Å². The second-order valence-corrected chi connectivity index (χ2v) is 6.82. The first kappa shape index (κ1) is 14.4. The number of hydrogen-bond acceptors (Lipinski definition) is 3. The standard InChI is InChI=1S/C20H19N3O2/c24-17-9-3-6-13-19(17)22-18(16-8-4-10-23(16)20(13)25)14-11-21-15-7-2-1-5-12(14)15/h1-3,5-7,9,11,16,18,21-22,24H,4,8,10H2. The lowest BCUT2D eigenvalue weighted by Crippen LogP contribution is -2.38. The fraction of sp³-hybridized carbons (Fsp3) is 0.250. The van der Waals surface area contributed by atoms with E-state index in [0.29, 0.717) is 11.3 Å². The molecule has 126 valence electrons. The molecule has 1 aromatic heterocycles. The van der Waals surface area contributed by atoms with Gasteiger partial charge in [0.2, 0.25) is 0 Å². The summed E-state index contributed by atoms with van der Waals surface area (Å²) in [6, 6.07) is 13.4. The topological polar surface area (TPSA) is 68.4 Å². The molecule has 0 radical (unpaired) electrons. The van der Waals surface area contributed by atoms with E-state index in [1.165, 1.54) is 0 Å². The van der Waals surface area contributed by atoms with Gasteiger partial charge in [0.15, 0.2) is 0 Å². The van der Waals surface area contributed by atoms with Crippen LogP contribution in [0.3, 0.4) is 0 Å². The molecule has 1 fully saturated rings. The summed E-state index contributed by atoms with van der Waals surface area (Å²) in [5, 5.41) is 15.0. The second kappa shape index (κ2) is 5.28. The molecule has 3 N–H and O–H groups in total. The molecule has 0 saturated carbocycles. The van der Waals surface area contributed by atoms with E-state index in [0.717, 1.165) is 35.9 Å². The van der Waals surface area contributed by atoms with Crippen LogP contribution in [-0.4, -0.2) is 33.5 Å². The summed E-state index contributed by atoms with van der Waals surface area (Å²) < 4.78 is 0. The minimum atomic E-state index is -0.0582. The highest BCUT2D eigenvalue weighted by Crippen LogP contribution is 2.42. The summed E-state index contributed by atoms with van der Waals surface area (Å²) >= 11 is 0. The number of carbonyl (C=O) groups is 1. The molecule has 2 unspecified atom stereocenters. The summed E-state index contributed by atoms with van der Waals surface area (Å²) in [7, 11) is 0. The van der Waals surface area contributed by atoms with Crippen LogP contribution in [0.2, 0.25) is 0 Å². The second-order valence-electron chi connectivity index (χ2n) is 6.82. The highest BCUT2D eigenvalue weighted by Gasteiger charge is 2.41. The molecule has 5 heteroatoms. The zero-order chi connectivity index (χ0) is 17.0. The van der Waals surface area contributed by atoms with E-state index in [1.807, 2.05) is 23.2 Å². The normalized spacial score (nSPS) is 22.4. The van der Waals surface area contributed by atoms with Crippen LogP contribution < -0.4 is 5.32 Å². The lowest BCUT2D eigenvalue weighted by molar-refractivity contribution is 0.0731. The average Bonchev–Trinajstić information content (AvgIpc) is 3.25. The quantitative estimate of drug-likeness (QED) is 0.596. The van der Waals surface area contributed by atoms with Gasteiger partial charge in [-0.1, -0.05) is 24.3 Å². The minimum Gasteiger partial charge on any atom is -0.506 e. The van der Waals surface area contributed by atoms with Crippen LogP contribution >= 0.6 is 0 Å². The number of benzene rings is 2. The van der Waals surface area contributed by atoms with Gasteiger partial charge in [-0.15, -0.1) is 0 Å². The van der Waals surface area contributed by atoms with Gasteiger partial charge in [0.05, 0.1) is 23.3 Å². The Labute approximate surface area is 145 Å². The van der Waals surface area contributed by atoms with Crippen LogP contribution in [0, 0.1) is 0 Å². The van der Waals surface area contributed by atoms with E-state index in [9.17, 15) is 9.90 Å². The van der Waals surface area contributed by atoms with Gasteiger partial charge in [-0.25, -0.2) is 0 Å². The number of rotatable bonds is 1. The maximum absolute atomic E-state index is 13.0. The van der Waals surface area contributed by atoms with Crippen LogP contribution in [-0.2, 0) is 0 Å². The third kappa shape index (κ3) is 2.05. The number of para-hydroxylation sites is 2. The molecule has 2 aliphatic heterocycles. The number of H-pyrrole nitrogens is 1. The summed E-state index contributed by atoms with van der Waals surface area (Å²) in [6.07, 6.45) is 3.98. The van der Waals surface area contributed by atoms with E-state index >= 15 is 0 Å². The summed E-state index contributed by atoms with van der Waals surface area (Å²) in [6.45, 7) is 0.763. The van der Waals surface area contributed by atoms with Gasteiger partial charge in [-0.3, -0.25) is 4.79 Å². The molecule has 3 heterocycles. The van der Waals surface area contributed by atoms with Gasteiger partial charge in [0, 0.05) is 29.2 Å². The van der Waals surface area contributed by atoms with E-state index in [2.05, 4.69) is 22.4 Å². The molecular weight excluding hydrogens is 314 g/mol. The van der Waals surface area contributed by atoms with Gasteiger partial charge < -0.3 is 20.3 Å². The first-order valence-corrected chi connectivity index (χ1v) is 8.69. The number of carbonyl (C=O) groups excluding carboxylic acids is 1. The van der Waals surface area contributed by atoms with Gasteiger partial charge in [-0.05, 0) is 31.0 Å². The van der Waals surface area contributed by atoms with Crippen LogP contribution in [0.1, 0.15) is 34.8 Å². The van der Waals surface area contributed by atoms with Crippen molar-refractivity contribution in [1.29, 1.82) is 0 Å². The van der Waals surface area contributed by atoms with E-state index < -0.39 is 0 Å². The number of aromatic hydroxyl groups is 1. The summed E-state index contributed by atoms with van der Waals surface area (Å²) in [5.41, 5.74) is 3.31. The predicted octanol–water partition coefficient (Wildman–Crippen LogP) is 3.64. The molecular formula is C20H19N3O2. The zero-order valence-corrected chi connectivity index (χ0v) is 13.7. The van der Waals surface area contributed by atoms with Crippen LogP contribution in [0.4, 0.5) is 5.69 Å². The van der Waals surface area contributed by atoms with Crippen molar-refractivity contribution in [2.24, 2.45) is 0 Å². The predicted molar refractivity (Wildman–Crippen MR) is 96.8 cm³/mol. The molecule has 0 aliphatic carbocycles. The molecule has 0 spiro atoms. The summed E-state index contributed by atoms with van der Waals surface area (Å²) in [4.78, 5) is 18.3. The molecule has 5 rings (SSSR count). The lowest BCUT2D eigenvalue weighted by atomic mass is 9.97. The van der Waals surface area contributed by atoms with Gasteiger partial charge in [0.25, 0.3) is 5.91 Å². The SMILES string of the molecule is O=C1c2cccc(O)c2NC(c2c[nH]c3ccccc23)C2CCCN12. The van der Waals surface area contributed by atoms with Crippen molar-refractivity contribution in [2.75, 3.05) is 11.9 Å². The first-order valence-electron chi connectivity index (χ1n) is 8.69. The Morgan fingerprint density at radius 2 is 2.00 bits per heavy atom. The summed E-state index contributed by atoms with van der Waals surface area (Å²) in [5.74, 6) is 0.125. The monoisotopic (exact) mass is 333 g/mol. The number of hydrogen-bond donors (Lipinski definition) is 3. The highest BCUT2D eigenvalue weighted by molar-refractivity contribution is 6.02. The molecule has 1 saturated heterocycles. The number of phenols is 1. The largest absolute Gasteiger partial charge is 0.506 e. The number of aromatic amines is 1. The zero-order valence-electron chi connectivity index (χ0n) is 13.7. The maximum Gasteiger partial charge on any atom is 0.256 e. The number of nitrogens with zero attached hydrogens (tertiary/aromatic N) is 1. The minimum absolute atomic E-state index is 0.00300. The molecule has 25 heavy (non-hydrogen) atoms. The molecule has 1 amide bonds. The lowest BCUT2D eigenvalue weighted by Gasteiger charge is -2.29. The van der Waals surface area contributed by atoms with Crippen molar-refractivity contribution in [3.8, 4) is 5.75 Å². The Balaban J connectivity index is 1.71. The van der Waals surface area contributed by atoms with E-state index in [4.69, 9.17) is 0 Å². The van der Waals surface area contributed by atoms with Crippen molar-refractivity contribution in [3.05, 3.63) is 59.8 Å². The number of phenolic OH excluding ortho intramolecular Hbond substituents is 1. The molecule has 5 nitrogen and oxygen atoms in total. The van der Waals surface area contributed by atoms with E-state index in [-0.39, 0.29) is 23.7 Å². The van der Waals surface area contributed by atoms with Gasteiger partial charge in [-0.2, -0.15) is 0 Å². The smallest absolute Gasteiger partial charge is 0.256 e. The third-order valence-electron chi connectivity index (χ3n) is 5.47. The number of anilines is 1. The molecule has 0 bridgehead atoms. The van der Waals surface area contributed by atoms with Crippen molar-refractivity contribution in [3.63, 3.8) is 0 Å². The Hall–Kier alpha value is -2.95. The molecule has 2 aliphatic rings.